The predicted octanol–water partition coefficient (Wildman–Crippen LogP) is 2.24. The second kappa shape index (κ2) is 3.04. The van der Waals surface area contributed by atoms with Crippen LogP contribution in [0, 0.1) is 0 Å². The second-order valence-electron chi connectivity index (χ2n) is 2.58. The van der Waals surface area contributed by atoms with Crippen LogP contribution in [-0.2, 0) is 9.53 Å². The Morgan fingerprint density at radius 3 is 2.31 bits per heavy atom. The van der Waals surface area contributed by atoms with Gasteiger partial charge in [-0.3, -0.25) is 4.79 Å². The van der Waals surface area contributed by atoms with Crippen LogP contribution < -0.4 is 0 Å². The number of rotatable bonds is 1. The van der Waals surface area contributed by atoms with Gasteiger partial charge in [-0.2, -0.15) is 17.6 Å². The third-order valence-corrected chi connectivity index (χ3v) is 2.55. The fourth-order valence-electron chi connectivity index (χ4n) is 0.872. The largest absolute Gasteiger partial charge is 0.451 e. The Morgan fingerprint density at radius 1 is 1.46 bits per heavy atom. The molecule has 1 saturated heterocycles. The Morgan fingerprint density at radius 2 is 2.00 bits per heavy atom. The molecule has 0 aromatic heterocycles. The van der Waals surface area contributed by atoms with E-state index in [0.29, 0.717) is 0 Å². The quantitative estimate of drug-likeness (QED) is 0.498. The third-order valence-electron chi connectivity index (χ3n) is 1.43. The molecule has 2 nitrogen and oxygen atoms in total. The molecule has 1 heterocycles. The van der Waals surface area contributed by atoms with Gasteiger partial charge in [0.2, 0.25) is 0 Å². The third kappa shape index (κ3) is 2.07. The molecular weight excluding hydrogens is 212 g/mol. The van der Waals surface area contributed by atoms with Crippen molar-refractivity contribution in [2.24, 2.45) is 0 Å². The monoisotopic (exact) mass is 218 g/mol. The van der Waals surface area contributed by atoms with Crippen molar-refractivity contribution in [3.05, 3.63) is 0 Å². The molecule has 1 aliphatic rings. The minimum absolute atomic E-state index is 0.323. The van der Waals surface area contributed by atoms with Gasteiger partial charge in [0, 0.05) is 6.92 Å². The van der Waals surface area contributed by atoms with Crippen LogP contribution in [0.25, 0.3) is 0 Å². The highest BCUT2D eigenvalue weighted by Gasteiger charge is 2.65. The number of alkyl halides is 4. The Labute approximate surface area is 75.6 Å². The summed E-state index contributed by atoms with van der Waals surface area (Å²) in [6, 6.07) is 0. The van der Waals surface area contributed by atoms with E-state index in [4.69, 9.17) is 0 Å². The minimum atomic E-state index is -4.15. The highest BCUT2D eigenvalue weighted by molar-refractivity contribution is 8.01. The molecule has 1 atom stereocenters. The molecule has 0 amide bonds. The van der Waals surface area contributed by atoms with Gasteiger partial charge < -0.3 is 4.74 Å². The Hall–Kier alpha value is -0.460. The highest BCUT2D eigenvalue weighted by atomic mass is 32.2. The number of hydrogen-bond donors (Lipinski definition) is 0. The molecule has 0 aromatic carbocycles. The van der Waals surface area contributed by atoms with Crippen LogP contribution >= 0.6 is 11.8 Å². The van der Waals surface area contributed by atoms with Crippen LogP contribution in [0.1, 0.15) is 13.3 Å². The number of hydrogen-bond acceptors (Lipinski definition) is 3. The first-order valence-corrected chi connectivity index (χ1v) is 4.23. The summed E-state index contributed by atoms with van der Waals surface area (Å²) in [4.78, 5) is 10.3. The summed E-state index contributed by atoms with van der Waals surface area (Å²) in [5.41, 5.74) is -1.46. The molecule has 0 bridgehead atoms. The number of carbonyl (C=O) groups excluding carboxylic acids is 1. The van der Waals surface area contributed by atoms with Crippen molar-refractivity contribution in [2.75, 3.05) is 0 Å². The summed E-state index contributed by atoms with van der Waals surface area (Å²) in [7, 11) is 0. The molecule has 0 spiro atoms. The normalized spacial score (nSPS) is 30.1. The first-order chi connectivity index (χ1) is 5.74. The second-order valence-corrected chi connectivity index (χ2v) is 3.86. The van der Waals surface area contributed by atoms with Gasteiger partial charge >= 0.3 is 17.1 Å². The van der Waals surface area contributed by atoms with Gasteiger partial charge in [0.05, 0.1) is 6.42 Å². The molecular formula is C6H6F4O2S. The molecule has 1 aliphatic heterocycles. The van der Waals surface area contributed by atoms with Crippen molar-refractivity contribution < 1.29 is 27.1 Å². The zero-order valence-corrected chi connectivity index (χ0v) is 7.34. The fourth-order valence-corrected chi connectivity index (χ4v) is 1.93. The maximum atomic E-state index is 12.5. The van der Waals surface area contributed by atoms with Gasteiger partial charge in [0.15, 0.2) is 5.44 Å². The number of halogens is 4. The van der Waals surface area contributed by atoms with Crippen molar-refractivity contribution >= 4 is 17.7 Å². The highest BCUT2D eigenvalue weighted by Crippen LogP contribution is 2.55. The van der Waals surface area contributed by atoms with Crippen molar-refractivity contribution in [3.8, 4) is 0 Å². The van der Waals surface area contributed by atoms with Crippen molar-refractivity contribution in [2.45, 2.75) is 30.0 Å². The Balaban J connectivity index is 2.65. The van der Waals surface area contributed by atoms with Gasteiger partial charge in [-0.25, -0.2) is 0 Å². The zero-order chi connectivity index (χ0) is 10.3. The van der Waals surface area contributed by atoms with Gasteiger partial charge in [0.25, 0.3) is 0 Å². The van der Waals surface area contributed by atoms with Gasteiger partial charge in [-0.05, 0) is 11.8 Å². The molecule has 0 aromatic rings. The van der Waals surface area contributed by atoms with E-state index >= 15 is 0 Å². The number of esters is 1. The predicted molar refractivity (Wildman–Crippen MR) is 37.7 cm³/mol. The number of thioether (sulfide) groups is 1. The van der Waals surface area contributed by atoms with E-state index in [9.17, 15) is 22.4 Å². The van der Waals surface area contributed by atoms with Gasteiger partial charge in [-0.1, -0.05) is 0 Å². The lowest BCUT2D eigenvalue weighted by molar-refractivity contribution is -0.158. The van der Waals surface area contributed by atoms with Gasteiger partial charge in [-0.15, -0.1) is 0 Å². The number of ether oxygens (including phenoxy) is 1. The van der Waals surface area contributed by atoms with Crippen LogP contribution in [-0.4, -0.2) is 22.6 Å². The zero-order valence-electron chi connectivity index (χ0n) is 6.52. The molecule has 1 fully saturated rings. The first-order valence-electron chi connectivity index (χ1n) is 3.35. The van der Waals surface area contributed by atoms with Crippen molar-refractivity contribution in [1.82, 2.24) is 0 Å². The van der Waals surface area contributed by atoms with E-state index in [0.717, 1.165) is 6.92 Å². The maximum Gasteiger partial charge on any atom is 0.359 e. The summed E-state index contributed by atoms with van der Waals surface area (Å²) in [6.45, 7) is 0.981. The Bertz CT molecular complexity index is 215. The maximum absolute atomic E-state index is 12.5. The molecule has 0 N–H and O–H groups in total. The van der Waals surface area contributed by atoms with Crippen LogP contribution in [0.5, 0.6) is 0 Å². The summed E-state index contributed by atoms with van der Waals surface area (Å²) < 4.78 is 54.1. The lowest BCUT2D eigenvalue weighted by atomic mass is 10.2. The molecule has 1 rings (SSSR count). The molecule has 7 heteroatoms. The fraction of sp³-hybridized carbons (Fsp3) is 0.833. The minimum Gasteiger partial charge on any atom is -0.451 e. The van der Waals surface area contributed by atoms with Crippen LogP contribution in [0.4, 0.5) is 17.6 Å². The lowest BCUT2D eigenvalue weighted by Gasteiger charge is -2.14. The molecule has 0 aliphatic carbocycles. The standard InChI is InChI=1S/C6H6F4O2S/c1-3(11)12-4-2-5(7,8)6(9,10)13-4/h4H,2H2,1H3. The van der Waals surface area contributed by atoms with Crippen molar-refractivity contribution in [1.29, 1.82) is 0 Å². The number of carbonyl (C=O) groups is 1. The average Bonchev–Trinajstić information content (AvgIpc) is 1.98. The van der Waals surface area contributed by atoms with E-state index in [2.05, 4.69) is 4.74 Å². The average molecular weight is 218 g/mol. The van der Waals surface area contributed by atoms with E-state index < -0.39 is 29.0 Å². The Kier molecular flexibility index (Phi) is 2.48. The van der Waals surface area contributed by atoms with Crippen LogP contribution in [0.15, 0.2) is 0 Å². The molecule has 76 valence electrons. The van der Waals surface area contributed by atoms with Crippen LogP contribution in [0.3, 0.4) is 0 Å². The molecule has 0 radical (unpaired) electrons. The molecule has 0 saturated carbocycles. The summed E-state index contributed by atoms with van der Waals surface area (Å²) in [5, 5.41) is -4.15. The summed E-state index contributed by atoms with van der Waals surface area (Å²) in [6.07, 6.45) is -1.13. The first kappa shape index (κ1) is 10.6. The smallest absolute Gasteiger partial charge is 0.359 e. The SMILES string of the molecule is CC(=O)OC1CC(F)(F)C(F)(F)S1. The summed E-state index contributed by atoms with van der Waals surface area (Å²) in [5.74, 6) is -4.94. The van der Waals surface area contributed by atoms with E-state index in [1.165, 1.54) is 0 Å². The van der Waals surface area contributed by atoms with E-state index in [1.54, 1.807) is 0 Å². The van der Waals surface area contributed by atoms with E-state index in [1.807, 2.05) is 0 Å². The lowest BCUT2D eigenvalue weighted by Crippen LogP contribution is -2.31. The van der Waals surface area contributed by atoms with Crippen molar-refractivity contribution in [3.63, 3.8) is 0 Å². The topological polar surface area (TPSA) is 26.3 Å². The molecule has 1 unspecified atom stereocenters. The van der Waals surface area contributed by atoms with Gasteiger partial charge in [0.1, 0.15) is 0 Å². The van der Waals surface area contributed by atoms with E-state index in [-0.39, 0.29) is 11.8 Å². The van der Waals surface area contributed by atoms with Crippen LogP contribution in [0.2, 0.25) is 0 Å². The summed E-state index contributed by atoms with van der Waals surface area (Å²) >= 11 is -0.323. The molecule has 13 heavy (non-hydrogen) atoms.